The molecule has 1 amide bonds. The van der Waals surface area contributed by atoms with Crippen molar-refractivity contribution in [2.75, 3.05) is 0 Å². The Balaban J connectivity index is 1.91. The van der Waals surface area contributed by atoms with Crippen LogP contribution < -0.4 is 5.73 Å². The van der Waals surface area contributed by atoms with Gasteiger partial charge in [-0.1, -0.05) is 60.7 Å². The van der Waals surface area contributed by atoms with Crippen molar-refractivity contribution in [3.05, 3.63) is 84.4 Å². The zero-order valence-corrected chi connectivity index (χ0v) is 14.4. The SMILES string of the molecule is NC(=O)c1c(-c2cccc3ccccc23)ccc2nc3ccccc3nc12. The molecule has 0 unspecified atom stereocenters. The lowest BCUT2D eigenvalue weighted by Crippen LogP contribution is -2.14. The summed E-state index contributed by atoms with van der Waals surface area (Å²) in [6.45, 7) is 0. The largest absolute Gasteiger partial charge is 0.366 e. The first-order valence-corrected chi connectivity index (χ1v) is 8.70. The van der Waals surface area contributed by atoms with Crippen LogP contribution in [0.2, 0.25) is 0 Å². The van der Waals surface area contributed by atoms with Crippen molar-refractivity contribution in [1.82, 2.24) is 9.97 Å². The normalized spacial score (nSPS) is 11.3. The van der Waals surface area contributed by atoms with Gasteiger partial charge >= 0.3 is 0 Å². The quantitative estimate of drug-likeness (QED) is 0.470. The summed E-state index contributed by atoms with van der Waals surface area (Å²) in [5.41, 5.74) is 10.7. The average Bonchev–Trinajstić information content (AvgIpc) is 2.71. The summed E-state index contributed by atoms with van der Waals surface area (Å²) >= 11 is 0. The molecule has 1 aromatic heterocycles. The van der Waals surface area contributed by atoms with Gasteiger partial charge in [0.2, 0.25) is 0 Å². The highest BCUT2D eigenvalue weighted by atomic mass is 16.1. The Hall–Kier alpha value is -3.79. The van der Waals surface area contributed by atoms with Gasteiger partial charge in [-0.25, -0.2) is 9.97 Å². The molecule has 0 bridgehead atoms. The lowest BCUT2D eigenvalue weighted by atomic mass is 9.93. The van der Waals surface area contributed by atoms with Gasteiger partial charge in [-0.3, -0.25) is 4.79 Å². The molecule has 0 spiro atoms. The summed E-state index contributed by atoms with van der Waals surface area (Å²) in [6, 6.07) is 25.6. The van der Waals surface area contributed by atoms with Gasteiger partial charge in [0, 0.05) is 0 Å². The number of hydrogen-bond donors (Lipinski definition) is 1. The van der Waals surface area contributed by atoms with Crippen LogP contribution in [0.15, 0.2) is 78.9 Å². The minimum atomic E-state index is -0.506. The van der Waals surface area contributed by atoms with Crippen molar-refractivity contribution in [3.8, 4) is 11.1 Å². The van der Waals surface area contributed by atoms with Crippen LogP contribution in [-0.2, 0) is 0 Å². The Labute approximate surface area is 155 Å². The number of nitrogens with zero attached hydrogens (tertiary/aromatic N) is 2. The number of aromatic nitrogens is 2. The second-order valence-corrected chi connectivity index (χ2v) is 6.46. The molecule has 0 aliphatic rings. The topological polar surface area (TPSA) is 68.9 Å². The van der Waals surface area contributed by atoms with Crippen molar-refractivity contribution < 1.29 is 4.79 Å². The van der Waals surface area contributed by atoms with Gasteiger partial charge in [0.25, 0.3) is 5.91 Å². The summed E-state index contributed by atoms with van der Waals surface area (Å²) in [7, 11) is 0. The molecule has 4 aromatic carbocycles. The number of rotatable bonds is 2. The Morgan fingerprint density at radius 3 is 2.19 bits per heavy atom. The van der Waals surface area contributed by atoms with Gasteiger partial charge in [0.1, 0.15) is 5.52 Å². The Morgan fingerprint density at radius 2 is 1.37 bits per heavy atom. The fourth-order valence-corrected chi connectivity index (χ4v) is 3.62. The van der Waals surface area contributed by atoms with E-state index >= 15 is 0 Å². The predicted molar refractivity (Wildman–Crippen MR) is 109 cm³/mol. The molecule has 0 radical (unpaired) electrons. The highest BCUT2D eigenvalue weighted by molar-refractivity contribution is 6.13. The summed E-state index contributed by atoms with van der Waals surface area (Å²) in [6.07, 6.45) is 0. The maximum absolute atomic E-state index is 12.4. The number of carbonyl (C=O) groups is 1. The molecule has 27 heavy (non-hydrogen) atoms. The number of amides is 1. The number of para-hydroxylation sites is 2. The van der Waals surface area contributed by atoms with Crippen LogP contribution in [0, 0.1) is 0 Å². The number of carbonyl (C=O) groups excluding carboxylic acids is 1. The van der Waals surface area contributed by atoms with E-state index in [4.69, 9.17) is 10.7 Å². The van der Waals surface area contributed by atoms with E-state index in [0.29, 0.717) is 16.6 Å². The van der Waals surface area contributed by atoms with Crippen molar-refractivity contribution >= 4 is 38.7 Å². The van der Waals surface area contributed by atoms with E-state index in [1.54, 1.807) is 0 Å². The van der Waals surface area contributed by atoms with Gasteiger partial charge in [-0.15, -0.1) is 0 Å². The molecule has 5 aromatic rings. The van der Waals surface area contributed by atoms with Gasteiger partial charge in [0.05, 0.1) is 22.1 Å². The molecular formula is C23H15N3O. The highest BCUT2D eigenvalue weighted by Gasteiger charge is 2.18. The van der Waals surface area contributed by atoms with E-state index in [2.05, 4.69) is 17.1 Å². The van der Waals surface area contributed by atoms with Gasteiger partial charge in [-0.2, -0.15) is 0 Å². The third-order valence-electron chi connectivity index (χ3n) is 4.84. The second-order valence-electron chi connectivity index (χ2n) is 6.46. The summed E-state index contributed by atoms with van der Waals surface area (Å²) < 4.78 is 0. The standard InChI is InChI=1S/C23H15N3O/c24-23(27)21-17(16-9-5-7-14-6-1-2-8-15(14)16)12-13-20-22(21)26-19-11-4-3-10-18(19)25-20/h1-13H,(H2,24,27). The average molecular weight is 349 g/mol. The third kappa shape index (κ3) is 2.42. The van der Waals surface area contributed by atoms with Crippen LogP contribution in [0.3, 0.4) is 0 Å². The van der Waals surface area contributed by atoms with Crippen LogP contribution >= 0.6 is 0 Å². The van der Waals surface area contributed by atoms with Crippen LogP contribution in [0.25, 0.3) is 44.0 Å². The molecule has 0 fully saturated rings. The van der Waals surface area contributed by atoms with Crippen molar-refractivity contribution in [2.24, 2.45) is 5.73 Å². The predicted octanol–water partition coefficient (Wildman–Crippen LogP) is 4.70. The van der Waals surface area contributed by atoms with Gasteiger partial charge in [0.15, 0.2) is 0 Å². The first-order valence-electron chi connectivity index (χ1n) is 8.70. The molecule has 2 N–H and O–H groups in total. The number of primary amides is 1. The molecule has 0 atom stereocenters. The molecule has 128 valence electrons. The summed E-state index contributed by atoms with van der Waals surface area (Å²) in [4.78, 5) is 21.8. The first kappa shape index (κ1) is 15.5. The van der Waals surface area contributed by atoms with E-state index in [1.165, 1.54) is 0 Å². The fraction of sp³-hybridized carbons (Fsp3) is 0. The van der Waals surface area contributed by atoms with Crippen molar-refractivity contribution in [2.45, 2.75) is 0 Å². The van der Waals surface area contributed by atoms with E-state index in [1.807, 2.05) is 66.7 Å². The summed E-state index contributed by atoms with van der Waals surface area (Å²) in [5.74, 6) is -0.506. The Bertz CT molecular complexity index is 1350. The second kappa shape index (κ2) is 5.88. The Kier molecular flexibility index (Phi) is 3.37. The Morgan fingerprint density at radius 1 is 0.667 bits per heavy atom. The molecule has 5 rings (SSSR count). The van der Waals surface area contributed by atoms with Crippen molar-refractivity contribution in [3.63, 3.8) is 0 Å². The van der Waals surface area contributed by atoms with Crippen molar-refractivity contribution in [1.29, 1.82) is 0 Å². The smallest absolute Gasteiger partial charge is 0.251 e. The van der Waals surface area contributed by atoms with Crippen LogP contribution in [0.1, 0.15) is 10.4 Å². The summed E-state index contributed by atoms with van der Waals surface area (Å²) in [5, 5.41) is 2.17. The maximum atomic E-state index is 12.4. The number of fused-ring (bicyclic) bond motifs is 3. The molecule has 0 aliphatic heterocycles. The monoisotopic (exact) mass is 349 g/mol. The van der Waals surface area contributed by atoms with E-state index in [9.17, 15) is 4.79 Å². The molecule has 0 saturated carbocycles. The molecule has 1 heterocycles. The molecule has 0 aliphatic carbocycles. The number of hydrogen-bond acceptors (Lipinski definition) is 3. The minimum Gasteiger partial charge on any atom is -0.366 e. The first-order chi connectivity index (χ1) is 13.2. The van der Waals surface area contributed by atoms with Gasteiger partial charge in [-0.05, 0) is 40.1 Å². The number of benzene rings is 4. The minimum absolute atomic E-state index is 0.405. The zero-order chi connectivity index (χ0) is 18.4. The third-order valence-corrected chi connectivity index (χ3v) is 4.84. The molecule has 4 nitrogen and oxygen atoms in total. The lowest BCUT2D eigenvalue weighted by molar-refractivity contribution is 0.100. The molecular weight excluding hydrogens is 334 g/mol. The lowest BCUT2D eigenvalue weighted by Gasteiger charge is -2.13. The highest BCUT2D eigenvalue weighted by Crippen LogP contribution is 2.34. The van der Waals surface area contributed by atoms with Gasteiger partial charge < -0.3 is 5.73 Å². The maximum Gasteiger partial charge on any atom is 0.251 e. The van der Waals surface area contributed by atoms with Crippen LogP contribution in [0.5, 0.6) is 0 Å². The van der Waals surface area contributed by atoms with E-state index in [-0.39, 0.29) is 0 Å². The van der Waals surface area contributed by atoms with Crippen LogP contribution in [0.4, 0.5) is 0 Å². The number of nitrogens with two attached hydrogens (primary N) is 1. The molecule has 0 saturated heterocycles. The van der Waals surface area contributed by atoms with E-state index < -0.39 is 5.91 Å². The van der Waals surface area contributed by atoms with E-state index in [0.717, 1.165) is 32.9 Å². The zero-order valence-electron chi connectivity index (χ0n) is 14.4. The molecule has 4 heteroatoms. The van der Waals surface area contributed by atoms with Crippen LogP contribution in [-0.4, -0.2) is 15.9 Å². The fourth-order valence-electron chi connectivity index (χ4n) is 3.62.